The van der Waals surface area contributed by atoms with Gasteiger partial charge in [-0.3, -0.25) is 14.5 Å². The number of hydrogen-bond donors (Lipinski definition) is 0. The van der Waals surface area contributed by atoms with Gasteiger partial charge in [-0.05, 0) is 48.5 Å². The SMILES string of the molecule is Cc1cccc(CN2C(=O)S/C(=C\c3ccc(-c4cccc(Br)c4)o3)C2=O)c1. The molecule has 1 saturated heterocycles. The van der Waals surface area contributed by atoms with Gasteiger partial charge in [-0.25, -0.2) is 0 Å². The maximum absolute atomic E-state index is 12.7. The molecule has 2 heterocycles. The second kappa shape index (κ2) is 7.81. The van der Waals surface area contributed by atoms with E-state index in [1.54, 1.807) is 12.1 Å². The van der Waals surface area contributed by atoms with Crippen molar-refractivity contribution in [2.45, 2.75) is 13.5 Å². The first-order valence-electron chi connectivity index (χ1n) is 8.66. The molecule has 2 aromatic carbocycles. The molecule has 0 saturated carbocycles. The van der Waals surface area contributed by atoms with Crippen LogP contribution in [0.1, 0.15) is 16.9 Å². The van der Waals surface area contributed by atoms with Gasteiger partial charge < -0.3 is 4.42 Å². The van der Waals surface area contributed by atoms with Crippen molar-refractivity contribution in [1.82, 2.24) is 4.90 Å². The van der Waals surface area contributed by atoms with Gasteiger partial charge in [0.2, 0.25) is 0 Å². The smallest absolute Gasteiger partial charge is 0.293 e. The van der Waals surface area contributed by atoms with Crippen LogP contribution in [0.3, 0.4) is 0 Å². The lowest BCUT2D eigenvalue weighted by Gasteiger charge is -2.12. The van der Waals surface area contributed by atoms with Gasteiger partial charge in [0.25, 0.3) is 11.1 Å². The van der Waals surface area contributed by atoms with Crippen LogP contribution in [0.4, 0.5) is 4.79 Å². The van der Waals surface area contributed by atoms with Crippen LogP contribution in [0.15, 0.2) is 74.5 Å². The number of hydrogen-bond acceptors (Lipinski definition) is 4. The van der Waals surface area contributed by atoms with Gasteiger partial charge in [0.1, 0.15) is 11.5 Å². The van der Waals surface area contributed by atoms with Crippen molar-refractivity contribution in [3.8, 4) is 11.3 Å². The lowest BCUT2D eigenvalue weighted by Crippen LogP contribution is -2.27. The summed E-state index contributed by atoms with van der Waals surface area (Å²) in [6.07, 6.45) is 1.63. The molecule has 3 aromatic rings. The molecule has 1 aliphatic rings. The van der Waals surface area contributed by atoms with E-state index in [0.29, 0.717) is 16.4 Å². The predicted octanol–water partition coefficient (Wildman–Crippen LogP) is 6.25. The van der Waals surface area contributed by atoms with Crippen molar-refractivity contribution < 1.29 is 14.0 Å². The van der Waals surface area contributed by atoms with Crippen LogP contribution in [0.25, 0.3) is 17.4 Å². The van der Waals surface area contributed by atoms with Crippen molar-refractivity contribution in [1.29, 1.82) is 0 Å². The minimum absolute atomic E-state index is 0.267. The Kier molecular flexibility index (Phi) is 5.24. The van der Waals surface area contributed by atoms with E-state index in [2.05, 4.69) is 15.9 Å². The van der Waals surface area contributed by atoms with Crippen LogP contribution in [-0.2, 0) is 11.3 Å². The third kappa shape index (κ3) is 3.98. The van der Waals surface area contributed by atoms with Crippen LogP contribution >= 0.6 is 27.7 Å². The minimum atomic E-state index is -0.295. The first-order chi connectivity index (χ1) is 13.5. The van der Waals surface area contributed by atoms with Crippen molar-refractivity contribution in [3.63, 3.8) is 0 Å². The fourth-order valence-corrected chi connectivity index (χ4v) is 4.20. The number of imide groups is 1. The molecular weight excluding hydrogens is 438 g/mol. The van der Waals surface area contributed by atoms with Gasteiger partial charge in [-0.1, -0.05) is 57.9 Å². The number of nitrogens with zero attached hydrogens (tertiary/aromatic N) is 1. The van der Waals surface area contributed by atoms with Gasteiger partial charge in [0, 0.05) is 16.1 Å². The molecule has 6 heteroatoms. The molecule has 0 atom stereocenters. The number of furan rings is 1. The van der Waals surface area contributed by atoms with Gasteiger partial charge >= 0.3 is 0 Å². The summed E-state index contributed by atoms with van der Waals surface area (Å²) in [7, 11) is 0. The third-order valence-corrected chi connectivity index (χ3v) is 5.71. The Morgan fingerprint density at radius 3 is 2.68 bits per heavy atom. The Morgan fingerprint density at radius 1 is 1.07 bits per heavy atom. The van der Waals surface area contributed by atoms with Crippen molar-refractivity contribution >= 4 is 44.9 Å². The summed E-state index contributed by atoms with van der Waals surface area (Å²) in [4.78, 5) is 26.7. The van der Waals surface area contributed by atoms with Crippen LogP contribution < -0.4 is 0 Å². The molecule has 4 nitrogen and oxygen atoms in total. The average molecular weight is 454 g/mol. The van der Waals surface area contributed by atoms with E-state index in [-0.39, 0.29) is 17.7 Å². The molecule has 0 radical (unpaired) electrons. The summed E-state index contributed by atoms with van der Waals surface area (Å²) in [6.45, 7) is 2.25. The number of amides is 2. The molecule has 2 amide bonds. The molecular formula is C22H16BrNO3S. The summed E-state index contributed by atoms with van der Waals surface area (Å²) in [5, 5.41) is -0.267. The zero-order valence-electron chi connectivity index (χ0n) is 15.0. The number of carbonyl (C=O) groups excluding carboxylic acids is 2. The molecule has 0 spiro atoms. The summed E-state index contributed by atoms with van der Waals surface area (Å²) in [5.74, 6) is 0.944. The van der Waals surface area contributed by atoms with Crippen LogP contribution in [0, 0.1) is 6.92 Å². The number of carbonyl (C=O) groups is 2. The maximum Gasteiger partial charge on any atom is 0.293 e. The lowest BCUT2D eigenvalue weighted by atomic mass is 10.1. The van der Waals surface area contributed by atoms with Gasteiger partial charge in [0.15, 0.2) is 0 Å². The summed E-state index contributed by atoms with van der Waals surface area (Å²) < 4.78 is 6.81. The molecule has 1 fully saturated rings. The Labute approximate surface area is 175 Å². The zero-order valence-corrected chi connectivity index (χ0v) is 17.4. The summed E-state index contributed by atoms with van der Waals surface area (Å²) >= 11 is 4.38. The Bertz CT molecular complexity index is 1100. The largest absolute Gasteiger partial charge is 0.457 e. The zero-order chi connectivity index (χ0) is 19.7. The van der Waals surface area contributed by atoms with E-state index in [0.717, 1.165) is 32.9 Å². The van der Waals surface area contributed by atoms with E-state index >= 15 is 0 Å². The number of rotatable bonds is 4. The predicted molar refractivity (Wildman–Crippen MR) is 115 cm³/mol. The highest BCUT2D eigenvalue weighted by Gasteiger charge is 2.35. The Balaban J connectivity index is 1.54. The van der Waals surface area contributed by atoms with Crippen LogP contribution in [0.2, 0.25) is 0 Å². The quantitative estimate of drug-likeness (QED) is 0.437. The lowest BCUT2D eigenvalue weighted by molar-refractivity contribution is -0.123. The molecule has 0 N–H and O–H groups in total. The van der Waals surface area contributed by atoms with Gasteiger partial charge in [0.05, 0.1) is 11.4 Å². The highest BCUT2D eigenvalue weighted by molar-refractivity contribution is 9.10. The summed E-state index contributed by atoms with van der Waals surface area (Å²) in [5.41, 5.74) is 2.95. The fraction of sp³-hybridized carbons (Fsp3) is 0.0909. The molecule has 0 aliphatic carbocycles. The molecule has 0 bridgehead atoms. The minimum Gasteiger partial charge on any atom is -0.457 e. The second-order valence-corrected chi connectivity index (χ2v) is 8.38. The van der Waals surface area contributed by atoms with Gasteiger partial charge in [-0.2, -0.15) is 0 Å². The first-order valence-corrected chi connectivity index (χ1v) is 10.3. The summed E-state index contributed by atoms with van der Waals surface area (Å²) in [6, 6.07) is 19.2. The van der Waals surface area contributed by atoms with Crippen molar-refractivity contribution in [2.24, 2.45) is 0 Å². The molecule has 4 rings (SSSR count). The highest BCUT2D eigenvalue weighted by Crippen LogP contribution is 2.34. The second-order valence-electron chi connectivity index (χ2n) is 6.47. The molecule has 28 heavy (non-hydrogen) atoms. The standard InChI is InChI=1S/C22H16BrNO3S/c1-14-4-2-5-15(10-14)13-24-21(25)20(28-22(24)26)12-18-8-9-19(27-18)16-6-3-7-17(23)11-16/h2-12H,13H2,1H3/b20-12-. The normalized spacial score (nSPS) is 15.6. The average Bonchev–Trinajstić information content (AvgIpc) is 3.23. The van der Waals surface area contributed by atoms with Crippen LogP contribution in [0.5, 0.6) is 0 Å². The number of thioether (sulfide) groups is 1. The van der Waals surface area contributed by atoms with E-state index in [4.69, 9.17) is 4.42 Å². The van der Waals surface area contributed by atoms with Crippen molar-refractivity contribution in [2.75, 3.05) is 0 Å². The third-order valence-electron chi connectivity index (χ3n) is 4.31. The maximum atomic E-state index is 12.7. The topological polar surface area (TPSA) is 50.5 Å². The first kappa shape index (κ1) is 18.8. The van der Waals surface area contributed by atoms with Crippen molar-refractivity contribution in [3.05, 3.63) is 86.9 Å². The molecule has 1 aliphatic heterocycles. The molecule has 0 unspecified atom stereocenters. The molecule has 1 aromatic heterocycles. The number of halogens is 1. The number of aryl methyl sites for hydroxylation is 1. The monoisotopic (exact) mass is 453 g/mol. The number of benzene rings is 2. The molecule has 140 valence electrons. The van der Waals surface area contributed by atoms with E-state index < -0.39 is 0 Å². The highest BCUT2D eigenvalue weighted by atomic mass is 79.9. The Morgan fingerprint density at radius 2 is 1.89 bits per heavy atom. The van der Waals surface area contributed by atoms with E-state index in [1.807, 2.05) is 61.5 Å². The van der Waals surface area contributed by atoms with E-state index in [9.17, 15) is 9.59 Å². The Hall–Kier alpha value is -2.57. The fourth-order valence-electron chi connectivity index (χ4n) is 2.99. The van der Waals surface area contributed by atoms with Crippen LogP contribution in [-0.4, -0.2) is 16.0 Å². The van der Waals surface area contributed by atoms with Gasteiger partial charge in [-0.15, -0.1) is 0 Å². The van der Waals surface area contributed by atoms with E-state index in [1.165, 1.54) is 4.90 Å².